The number of thioether (sulfide) groups is 1. The highest BCUT2D eigenvalue weighted by Gasteiger charge is 2.36. The summed E-state index contributed by atoms with van der Waals surface area (Å²) in [6.07, 6.45) is 8.89. The number of amides is 3. The molecule has 2 rings (SSSR count). The maximum absolute atomic E-state index is 13.8. The number of carbonyl (C=O) groups is 3. The van der Waals surface area contributed by atoms with Gasteiger partial charge in [0.1, 0.15) is 17.7 Å². The highest BCUT2D eigenvalue weighted by atomic mass is 35.5. The molecule has 0 saturated carbocycles. The minimum atomic E-state index is -1.22. The number of aryl methyl sites for hydroxylation is 1. The molecule has 0 bridgehead atoms. The number of hydrogen-bond acceptors (Lipinski definition) is 5. The highest BCUT2D eigenvalue weighted by molar-refractivity contribution is 7.98. The van der Waals surface area contributed by atoms with Gasteiger partial charge in [-0.25, -0.2) is 4.79 Å². The van der Waals surface area contributed by atoms with E-state index < -0.39 is 35.6 Å². The molecule has 0 aliphatic rings. The van der Waals surface area contributed by atoms with Crippen molar-refractivity contribution in [1.82, 2.24) is 10.2 Å². The second-order valence-electron chi connectivity index (χ2n) is 9.52. The Kier molecular flexibility index (Phi) is 11.3. The molecule has 0 aliphatic heterocycles. The van der Waals surface area contributed by atoms with Crippen molar-refractivity contribution < 1.29 is 19.1 Å². The standard InChI is InChI=1S/C29H34ClN3O4S/c1-8-20-13-11-14-21(18-20)25(26(34)32-24-19(3)12-10-15-22(24)30)33(9-2)27(35)23(16-17-38-7)31-28(36)37-29(4,5)6/h2,8,10-15,18,23,25H,1,16-17H2,3-7H3,(H,31,36)(H,32,34). The first kappa shape index (κ1) is 30.8. The number of halogens is 1. The molecule has 2 atom stereocenters. The summed E-state index contributed by atoms with van der Waals surface area (Å²) < 4.78 is 5.36. The Morgan fingerprint density at radius 1 is 1.24 bits per heavy atom. The fourth-order valence-corrected chi connectivity index (χ4v) is 4.37. The number of terminal acetylenes is 1. The topological polar surface area (TPSA) is 87.7 Å². The van der Waals surface area contributed by atoms with E-state index in [-0.39, 0.29) is 6.42 Å². The molecule has 0 aliphatic carbocycles. The summed E-state index contributed by atoms with van der Waals surface area (Å²) in [7, 11) is 0. The second kappa shape index (κ2) is 13.9. The largest absolute Gasteiger partial charge is 0.444 e. The highest BCUT2D eigenvalue weighted by Crippen LogP contribution is 2.29. The van der Waals surface area contributed by atoms with E-state index in [0.717, 1.165) is 16.0 Å². The number of nitrogens with one attached hydrogen (secondary N) is 2. The number of nitrogens with zero attached hydrogens (tertiary/aromatic N) is 1. The third-order valence-electron chi connectivity index (χ3n) is 5.42. The van der Waals surface area contributed by atoms with Gasteiger partial charge in [-0.15, -0.1) is 0 Å². The number of benzene rings is 2. The van der Waals surface area contributed by atoms with Crippen LogP contribution in [0.5, 0.6) is 0 Å². The van der Waals surface area contributed by atoms with Gasteiger partial charge in [-0.2, -0.15) is 11.8 Å². The van der Waals surface area contributed by atoms with Crippen molar-refractivity contribution in [2.45, 2.75) is 51.8 Å². The van der Waals surface area contributed by atoms with Crippen LogP contribution >= 0.6 is 23.4 Å². The lowest BCUT2D eigenvalue weighted by Crippen LogP contribution is -2.51. The van der Waals surface area contributed by atoms with E-state index in [4.69, 9.17) is 22.8 Å². The van der Waals surface area contributed by atoms with Crippen LogP contribution in [0.25, 0.3) is 6.08 Å². The molecule has 0 fully saturated rings. The Bertz CT molecular complexity index is 1200. The predicted octanol–water partition coefficient (Wildman–Crippen LogP) is 6.04. The molecule has 0 spiro atoms. The van der Waals surface area contributed by atoms with Crippen LogP contribution in [0.4, 0.5) is 10.5 Å². The van der Waals surface area contributed by atoms with Crippen LogP contribution < -0.4 is 10.6 Å². The van der Waals surface area contributed by atoms with E-state index in [1.54, 1.807) is 57.2 Å². The maximum Gasteiger partial charge on any atom is 0.408 e. The molecule has 2 N–H and O–H groups in total. The maximum atomic E-state index is 13.8. The van der Waals surface area contributed by atoms with Crippen LogP contribution in [0.1, 0.15) is 49.9 Å². The van der Waals surface area contributed by atoms with Gasteiger partial charge in [0.25, 0.3) is 11.8 Å². The van der Waals surface area contributed by atoms with Gasteiger partial charge in [0.05, 0.1) is 10.7 Å². The van der Waals surface area contributed by atoms with E-state index in [2.05, 4.69) is 23.3 Å². The fourth-order valence-electron chi connectivity index (χ4n) is 3.63. The van der Waals surface area contributed by atoms with E-state index in [9.17, 15) is 14.4 Å². The van der Waals surface area contributed by atoms with Crippen molar-refractivity contribution >= 4 is 53.0 Å². The minimum absolute atomic E-state index is 0.280. The van der Waals surface area contributed by atoms with Crippen LogP contribution in [0.2, 0.25) is 5.02 Å². The van der Waals surface area contributed by atoms with E-state index in [1.807, 2.05) is 25.3 Å². The van der Waals surface area contributed by atoms with E-state index >= 15 is 0 Å². The number of rotatable bonds is 10. The van der Waals surface area contributed by atoms with Gasteiger partial charge in [-0.3, -0.25) is 14.5 Å². The van der Waals surface area contributed by atoms with Crippen LogP contribution in [-0.2, 0) is 14.3 Å². The van der Waals surface area contributed by atoms with Gasteiger partial charge >= 0.3 is 6.09 Å². The van der Waals surface area contributed by atoms with Gasteiger partial charge in [0.15, 0.2) is 0 Å². The molecule has 38 heavy (non-hydrogen) atoms. The van der Waals surface area contributed by atoms with Crippen molar-refractivity contribution in [3.63, 3.8) is 0 Å². The first-order chi connectivity index (χ1) is 17.9. The lowest BCUT2D eigenvalue weighted by molar-refractivity contribution is -0.136. The third kappa shape index (κ3) is 8.57. The molecule has 2 aromatic rings. The zero-order valence-corrected chi connectivity index (χ0v) is 23.9. The third-order valence-corrected chi connectivity index (χ3v) is 6.37. The summed E-state index contributed by atoms with van der Waals surface area (Å²) in [4.78, 5) is 41.1. The molecule has 202 valence electrons. The molecular weight excluding hydrogens is 522 g/mol. The number of alkyl carbamates (subject to hydrolysis) is 1. The summed E-state index contributed by atoms with van der Waals surface area (Å²) in [6.45, 7) is 10.8. The van der Waals surface area contributed by atoms with Crippen molar-refractivity contribution in [2.75, 3.05) is 17.3 Å². The first-order valence-electron chi connectivity index (χ1n) is 12.0. The molecule has 0 radical (unpaired) electrons. The Labute approximate surface area is 234 Å². The number of para-hydroxylation sites is 1. The minimum Gasteiger partial charge on any atom is -0.444 e. The summed E-state index contributed by atoms with van der Waals surface area (Å²) in [5.41, 5.74) is 1.61. The molecule has 9 heteroatoms. The predicted molar refractivity (Wildman–Crippen MR) is 156 cm³/mol. The Morgan fingerprint density at radius 2 is 1.92 bits per heavy atom. The second-order valence-corrected chi connectivity index (χ2v) is 10.9. The van der Waals surface area contributed by atoms with Crippen molar-refractivity contribution in [1.29, 1.82) is 0 Å². The number of hydrogen-bond donors (Lipinski definition) is 2. The van der Waals surface area contributed by atoms with Crippen molar-refractivity contribution in [2.24, 2.45) is 0 Å². The SMILES string of the molecule is C#CN(C(=O)C(CCSC)NC(=O)OC(C)(C)C)C(C(=O)Nc1c(C)cccc1Cl)c1cccc(C=C)c1. The summed E-state index contributed by atoms with van der Waals surface area (Å²) in [5, 5.41) is 5.81. The molecule has 3 amide bonds. The van der Waals surface area contributed by atoms with Crippen molar-refractivity contribution in [3.05, 3.63) is 70.8 Å². The molecule has 2 unspecified atom stereocenters. The lowest BCUT2D eigenvalue weighted by Gasteiger charge is -2.30. The van der Waals surface area contributed by atoms with Gasteiger partial charge in [-0.1, -0.05) is 61.0 Å². The van der Waals surface area contributed by atoms with Crippen LogP contribution in [0.15, 0.2) is 49.0 Å². The fraction of sp³-hybridized carbons (Fsp3) is 0.345. The van der Waals surface area contributed by atoms with Gasteiger partial charge in [0.2, 0.25) is 0 Å². The number of anilines is 1. The Balaban J connectivity index is 2.52. The molecular formula is C29H34ClN3O4S. The summed E-state index contributed by atoms with van der Waals surface area (Å²) in [6, 6.07) is 12.4. The molecule has 2 aromatic carbocycles. The van der Waals surface area contributed by atoms with E-state index in [1.165, 1.54) is 11.8 Å². The van der Waals surface area contributed by atoms with Gasteiger partial charge < -0.3 is 15.4 Å². The number of carbonyl (C=O) groups excluding carboxylic acids is 3. The number of ether oxygens (including phenoxy) is 1. The Hall–Kier alpha value is -3.41. The monoisotopic (exact) mass is 555 g/mol. The molecule has 0 aromatic heterocycles. The molecule has 0 saturated heterocycles. The normalized spacial score (nSPS) is 12.4. The van der Waals surface area contributed by atoms with Crippen LogP contribution in [0.3, 0.4) is 0 Å². The van der Waals surface area contributed by atoms with Gasteiger partial charge in [0, 0.05) is 6.04 Å². The Morgan fingerprint density at radius 3 is 2.50 bits per heavy atom. The summed E-state index contributed by atoms with van der Waals surface area (Å²) in [5.74, 6) is -0.617. The van der Waals surface area contributed by atoms with Crippen LogP contribution in [-0.4, -0.2) is 46.5 Å². The quantitative estimate of drug-likeness (QED) is 0.276. The van der Waals surface area contributed by atoms with Gasteiger partial charge in [-0.05, 0) is 74.9 Å². The summed E-state index contributed by atoms with van der Waals surface area (Å²) >= 11 is 7.86. The molecule has 0 heterocycles. The lowest BCUT2D eigenvalue weighted by atomic mass is 10.00. The molecule has 7 nitrogen and oxygen atoms in total. The smallest absolute Gasteiger partial charge is 0.408 e. The van der Waals surface area contributed by atoms with Crippen molar-refractivity contribution in [3.8, 4) is 12.5 Å². The zero-order valence-electron chi connectivity index (χ0n) is 22.3. The average molecular weight is 556 g/mol. The first-order valence-corrected chi connectivity index (χ1v) is 13.7. The van der Waals surface area contributed by atoms with E-state index in [0.29, 0.717) is 22.0 Å². The van der Waals surface area contributed by atoms with Crippen LogP contribution in [0, 0.1) is 19.4 Å². The zero-order chi connectivity index (χ0) is 28.5. The average Bonchev–Trinajstić information content (AvgIpc) is 2.85.